The van der Waals surface area contributed by atoms with Gasteiger partial charge in [0.15, 0.2) is 0 Å². The van der Waals surface area contributed by atoms with Gasteiger partial charge in [-0.1, -0.05) is 12.1 Å². The molecule has 76 valence electrons. The Morgan fingerprint density at radius 2 is 1.93 bits per heavy atom. The van der Waals surface area contributed by atoms with Crippen molar-refractivity contribution in [2.24, 2.45) is 0 Å². The summed E-state index contributed by atoms with van der Waals surface area (Å²) in [6, 6.07) is 9.74. The molecule has 0 aliphatic carbocycles. The zero-order valence-corrected chi connectivity index (χ0v) is 8.80. The molecule has 0 saturated carbocycles. The Hall–Kier alpha value is -1.96. The molecule has 0 saturated heterocycles. The first-order valence-corrected chi connectivity index (χ1v) is 4.77. The summed E-state index contributed by atoms with van der Waals surface area (Å²) < 4.78 is 0. The maximum atomic E-state index is 4.21. The Morgan fingerprint density at radius 3 is 2.47 bits per heavy atom. The van der Waals surface area contributed by atoms with E-state index in [0.29, 0.717) is 0 Å². The predicted octanol–water partition coefficient (Wildman–Crippen LogP) is 3.34. The lowest BCUT2D eigenvalue weighted by atomic mass is 10.2. The maximum absolute atomic E-state index is 4.21. The number of hydrogen-bond acceptors (Lipinski definition) is 2. The number of aromatic nitrogens is 2. The van der Waals surface area contributed by atoms with Crippen molar-refractivity contribution in [2.75, 3.05) is 0 Å². The average molecular weight is 198 g/mol. The van der Waals surface area contributed by atoms with Crippen LogP contribution in [0.25, 0.3) is 11.3 Å². The van der Waals surface area contributed by atoms with Gasteiger partial charge in [0.25, 0.3) is 0 Å². The predicted molar refractivity (Wildman–Crippen MR) is 63.3 cm³/mol. The Balaban J connectivity index is 0.000000337. The van der Waals surface area contributed by atoms with Gasteiger partial charge >= 0.3 is 0 Å². The van der Waals surface area contributed by atoms with Gasteiger partial charge in [-0.15, -0.1) is 6.58 Å². The van der Waals surface area contributed by atoms with Gasteiger partial charge in [-0.05, 0) is 31.2 Å². The summed E-state index contributed by atoms with van der Waals surface area (Å²) in [4.78, 5) is 8.23. The fourth-order valence-electron chi connectivity index (χ4n) is 1.05. The van der Waals surface area contributed by atoms with E-state index in [-0.39, 0.29) is 0 Å². The third-order valence-electron chi connectivity index (χ3n) is 1.62. The van der Waals surface area contributed by atoms with Gasteiger partial charge < -0.3 is 0 Å². The van der Waals surface area contributed by atoms with Crippen LogP contribution in [0.1, 0.15) is 6.92 Å². The van der Waals surface area contributed by atoms with Crippen molar-refractivity contribution in [1.82, 2.24) is 9.97 Å². The summed E-state index contributed by atoms with van der Waals surface area (Å²) in [5.41, 5.74) is 2.02. The van der Waals surface area contributed by atoms with E-state index >= 15 is 0 Å². The summed E-state index contributed by atoms with van der Waals surface area (Å²) in [5.74, 6) is 0. The summed E-state index contributed by atoms with van der Waals surface area (Å²) in [7, 11) is 0. The molecule has 0 aliphatic heterocycles. The second-order valence-corrected chi connectivity index (χ2v) is 2.86. The lowest BCUT2D eigenvalue weighted by Crippen LogP contribution is -1.81. The van der Waals surface area contributed by atoms with Gasteiger partial charge in [0, 0.05) is 24.2 Å². The van der Waals surface area contributed by atoms with Crippen LogP contribution in [0.3, 0.4) is 0 Å². The van der Waals surface area contributed by atoms with Crippen molar-refractivity contribution >= 4 is 0 Å². The van der Waals surface area contributed by atoms with Crippen LogP contribution in [0, 0.1) is 0 Å². The Kier molecular flexibility index (Phi) is 4.81. The van der Waals surface area contributed by atoms with E-state index in [4.69, 9.17) is 0 Å². The van der Waals surface area contributed by atoms with Crippen molar-refractivity contribution in [3.63, 3.8) is 0 Å². The van der Waals surface area contributed by atoms with Gasteiger partial charge in [-0.3, -0.25) is 9.97 Å². The zero-order chi connectivity index (χ0) is 10.9. The Bertz CT molecular complexity index is 344. The van der Waals surface area contributed by atoms with Crippen molar-refractivity contribution in [1.29, 1.82) is 0 Å². The number of rotatable bonds is 1. The van der Waals surface area contributed by atoms with Crippen LogP contribution in [-0.2, 0) is 0 Å². The lowest BCUT2D eigenvalue weighted by molar-refractivity contribution is 1.28. The maximum Gasteiger partial charge on any atom is 0.0717 e. The highest BCUT2D eigenvalue weighted by molar-refractivity contribution is 5.56. The minimum absolute atomic E-state index is 0.964. The smallest absolute Gasteiger partial charge is 0.0717 e. The fraction of sp³-hybridized carbons (Fsp3) is 0.0769. The second-order valence-electron chi connectivity index (χ2n) is 2.86. The Morgan fingerprint density at radius 1 is 1.13 bits per heavy atom. The molecular weight excluding hydrogens is 184 g/mol. The zero-order valence-electron chi connectivity index (χ0n) is 8.80. The van der Waals surface area contributed by atoms with Crippen LogP contribution >= 0.6 is 0 Å². The largest absolute Gasteiger partial charge is 0.264 e. The molecule has 0 atom stereocenters. The molecule has 0 spiro atoms. The van der Waals surface area contributed by atoms with Gasteiger partial charge in [0.05, 0.1) is 5.69 Å². The number of allylic oxidation sites excluding steroid dienone is 1. The highest BCUT2D eigenvalue weighted by Crippen LogP contribution is 2.12. The molecule has 0 fully saturated rings. The van der Waals surface area contributed by atoms with E-state index in [9.17, 15) is 0 Å². The normalized spacial score (nSPS) is 8.60. The summed E-state index contributed by atoms with van der Waals surface area (Å²) >= 11 is 0. The molecule has 15 heavy (non-hydrogen) atoms. The van der Waals surface area contributed by atoms with Crippen LogP contribution in [-0.4, -0.2) is 9.97 Å². The summed E-state index contributed by atoms with van der Waals surface area (Å²) in [6.45, 7) is 5.25. The SMILES string of the molecule is C=CC.c1ccc(-c2cccnc2)nc1. The highest BCUT2D eigenvalue weighted by Gasteiger charge is 1.94. The molecular formula is C13H14N2. The van der Waals surface area contributed by atoms with Gasteiger partial charge in [-0.2, -0.15) is 0 Å². The molecule has 2 aromatic heterocycles. The van der Waals surface area contributed by atoms with Crippen LogP contribution in [0.4, 0.5) is 0 Å². The molecule has 2 heterocycles. The van der Waals surface area contributed by atoms with Gasteiger partial charge in [-0.25, -0.2) is 0 Å². The fourth-order valence-corrected chi connectivity index (χ4v) is 1.05. The van der Waals surface area contributed by atoms with Crippen LogP contribution in [0.15, 0.2) is 61.6 Å². The highest BCUT2D eigenvalue weighted by atomic mass is 14.7. The lowest BCUT2D eigenvalue weighted by Gasteiger charge is -1.96. The van der Waals surface area contributed by atoms with Gasteiger partial charge in [0.2, 0.25) is 0 Å². The first-order valence-electron chi connectivity index (χ1n) is 4.77. The van der Waals surface area contributed by atoms with Crippen molar-refractivity contribution in [2.45, 2.75) is 6.92 Å². The van der Waals surface area contributed by atoms with Crippen molar-refractivity contribution in [3.8, 4) is 11.3 Å². The molecule has 0 unspecified atom stereocenters. The first kappa shape index (κ1) is 11.1. The minimum Gasteiger partial charge on any atom is -0.264 e. The standard InChI is InChI=1S/C10H8N2.C3H6/c1-2-7-12-10(5-1)9-4-3-6-11-8-9;1-3-2/h1-8H;3H,1H2,2H3. The average Bonchev–Trinajstić information content (AvgIpc) is 2.32. The summed E-state index contributed by atoms with van der Waals surface area (Å²) in [5, 5.41) is 0. The molecule has 0 amide bonds. The number of pyridine rings is 2. The molecule has 2 heteroatoms. The van der Waals surface area contributed by atoms with E-state index in [0.717, 1.165) is 11.3 Å². The molecule has 0 bridgehead atoms. The van der Waals surface area contributed by atoms with E-state index in [1.807, 2.05) is 43.5 Å². The van der Waals surface area contributed by atoms with E-state index in [2.05, 4.69) is 16.5 Å². The molecule has 0 aromatic carbocycles. The minimum atomic E-state index is 0.964. The molecule has 0 N–H and O–H groups in total. The first-order chi connectivity index (χ1) is 7.38. The molecule has 2 aromatic rings. The number of hydrogen-bond donors (Lipinski definition) is 0. The Labute approximate surface area is 90.3 Å². The van der Waals surface area contributed by atoms with E-state index in [1.54, 1.807) is 18.5 Å². The topological polar surface area (TPSA) is 25.8 Å². The molecule has 2 nitrogen and oxygen atoms in total. The van der Waals surface area contributed by atoms with E-state index < -0.39 is 0 Å². The quantitative estimate of drug-likeness (QED) is 0.657. The number of nitrogens with zero attached hydrogens (tertiary/aromatic N) is 2. The molecule has 0 aliphatic rings. The molecule has 2 rings (SSSR count). The third-order valence-corrected chi connectivity index (χ3v) is 1.62. The van der Waals surface area contributed by atoms with Crippen LogP contribution in [0.5, 0.6) is 0 Å². The summed E-state index contributed by atoms with van der Waals surface area (Å²) in [6.07, 6.45) is 7.09. The van der Waals surface area contributed by atoms with Crippen LogP contribution < -0.4 is 0 Å². The van der Waals surface area contributed by atoms with Crippen LogP contribution in [0.2, 0.25) is 0 Å². The monoisotopic (exact) mass is 198 g/mol. The van der Waals surface area contributed by atoms with E-state index in [1.165, 1.54) is 0 Å². The third kappa shape index (κ3) is 3.73. The van der Waals surface area contributed by atoms with Gasteiger partial charge in [0.1, 0.15) is 0 Å². The van der Waals surface area contributed by atoms with Crippen molar-refractivity contribution in [3.05, 3.63) is 61.6 Å². The van der Waals surface area contributed by atoms with Crippen molar-refractivity contribution < 1.29 is 0 Å². The second kappa shape index (κ2) is 6.49. The molecule has 0 radical (unpaired) electrons.